The first-order valence-corrected chi connectivity index (χ1v) is 6.84. The van der Waals surface area contributed by atoms with Crippen molar-refractivity contribution >= 4 is 0 Å². The quantitative estimate of drug-likeness (QED) is 0.365. The highest BCUT2D eigenvalue weighted by Crippen LogP contribution is 2.08. The Morgan fingerprint density at radius 3 is 2.35 bits per heavy atom. The van der Waals surface area contributed by atoms with Crippen molar-refractivity contribution in [3.63, 3.8) is 0 Å². The maximum Gasteiger partial charge on any atom is 0.487 e. The number of hydrogen-bond donors (Lipinski definition) is 0. The number of nitrogens with zero attached hydrogens (tertiary/aromatic N) is 2. The second-order valence-electron chi connectivity index (χ2n) is 4.56. The van der Waals surface area contributed by atoms with E-state index in [0.29, 0.717) is 0 Å². The van der Waals surface area contributed by atoms with Crippen LogP contribution in [0.1, 0.15) is 58.3 Å². The van der Waals surface area contributed by atoms with Crippen LogP contribution in [0.2, 0.25) is 0 Å². The Morgan fingerprint density at radius 2 is 1.71 bits per heavy atom. The normalized spacial score (nSPS) is 10.7. The summed E-state index contributed by atoms with van der Waals surface area (Å²) in [5.41, 5.74) is 0. The largest absolute Gasteiger partial charge is 0.487 e. The third kappa shape index (κ3) is 6.35. The summed E-state index contributed by atoms with van der Waals surface area (Å²) in [6, 6.07) is 1.77. The Kier molecular flexibility index (Phi) is 7.52. The van der Waals surface area contributed by atoms with Gasteiger partial charge in [0.15, 0.2) is 0 Å². The van der Waals surface area contributed by atoms with Crippen LogP contribution in [0.3, 0.4) is 0 Å². The second kappa shape index (κ2) is 9.08. The Hall–Kier alpha value is -0.990. The Labute approximate surface area is 104 Å². The Bertz CT molecular complexity index is 302. The van der Waals surface area contributed by atoms with Crippen molar-refractivity contribution in [1.82, 2.24) is 4.98 Å². The van der Waals surface area contributed by atoms with Gasteiger partial charge >= 0.3 is 6.08 Å². The lowest BCUT2D eigenvalue weighted by Gasteiger charge is -2.01. The van der Waals surface area contributed by atoms with Gasteiger partial charge in [0.05, 0.1) is 12.7 Å². The van der Waals surface area contributed by atoms with Crippen molar-refractivity contribution in [2.24, 2.45) is 0 Å². The zero-order valence-corrected chi connectivity index (χ0v) is 10.9. The molecule has 0 aliphatic heterocycles. The van der Waals surface area contributed by atoms with Gasteiger partial charge in [-0.15, -0.1) is 4.39 Å². The van der Waals surface area contributed by atoms with E-state index in [2.05, 4.69) is 11.9 Å². The molecule has 1 heterocycles. The predicted molar refractivity (Wildman–Crippen MR) is 67.0 cm³/mol. The molecule has 1 aromatic rings. The molecule has 0 aliphatic carbocycles. The van der Waals surface area contributed by atoms with Gasteiger partial charge in [0.2, 0.25) is 0 Å². The molecule has 0 unspecified atom stereocenters. The molecule has 1 rings (SSSR count). The summed E-state index contributed by atoms with van der Waals surface area (Å²) >= 11 is 0. The number of aryl methyl sites for hydroxylation is 1. The molecule has 0 radical (unpaired) electrons. The van der Waals surface area contributed by atoms with E-state index in [0.717, 1.165) is 13.0 Å². The molecular formula is C14H24FN2+. The summed E-state index contributed by atoms with van der Waals surface area (Å²) in [6.07, 6.45) is 13.1. The first-order valence-electron chi connectivity index (χ1n) is 6.84. The molecule has 0 atom stereocenters. The van der Waals surface area contributed by atoms with E-state index < -0.39 is 0 Å². The van der Waals surface area contributed by atoms with Crippen molar-refractivity contribution in [1.29, 1.82) is 0 Å². The lowest BCUT2D eigenvalue weighted by atomic mass is 10.1. The maximum absolute atomic E-state index is 13.2. The van der Waals surface area contributed by atoms with Crippen LogP contribution < -0.4 is 4.57 Å². The Balaban J connectivity index is 1.99. The average Bonchev–Trinajstić information content (AvgIpc) is 2.35. The SMILES string of the molecule is CCCCCCCCCC[n+]1cccnc1F. The van der Waals surface area contributed by atoms with Gasteiger partial charge in [0.25, 0.3) is 0 Å². The number of halogens is 1. The highest BCUT2D eigenvalue weighted by atomic mass is 19.1. The van der Waals surface area contributed by atoms with Crippen LogP contribution in [0.5, 0.6) is 0 Å². The average molecular weight is 239 g/mol. The highest BCUT2D eigenvalue weighted by Gasteiger charge is 2.07. The fourth-order valence-electron chi connectivity index (χ4n) is 1.97. The summed E-state index contributed by atoms with van der Waals surface area (Å²) in [6.45, 7) is 2.98. The fourth-order valence-corrected chi connectivity index (χ4v) is 1.97. The van der Waals surface area contributed by atoms with Gasteiger partial charge in [0.1, 0.15) is 6.20 Å². The molecule has 0 fully saturated rings. The van der Waals surface area contributed by atoms with Crippen molar-refractivity contribution < 1.29 is 8.96 Å². The van der Waals surface area contributed by atoms with Crippen molar-refractivity contribution in [2.45, 2.75) is 64.8 Å². The zero-order chi connectivity index (χ0) is 12.3. The standard InChI is InChI=1S/C14H24FN2/c1-2-3-4-5-6-7-8-9-12-17-13-10-11-16-14(17)15/h10-11,13H,2-9,12H2,1H3/q+1. The zero-order valence-electron chi connectivity index (χ0n) is 10.9. The molecule has 96 valence electrons. The second-order valence-corrected chi connectivity index (χ2v) is 4.56. The monoisotopic (exact) mass is 239 g/mol. The molecule has 0 N–H and O–H groups in total. The van der Waals surface area contributed by atoms with E-state index in [1.807, 2.05) is 0 Å². The van der Waals surface area contributed by atoms with Crippen LogP contribution in [-0.4, -0.2) is 4.98 Å². The molecule has 2 nitrogen and oxygen atoms in total. The van der Waals surface area contributed by atoms with Crippen LogP contribution in [0.15, 0.2) is 18.5 Å². The van der Waals surface area contributed by atoms with E-state index in [4.69, 9.17) is 0 Å². The maximum atomic E-state index is 13.2. The molecule has 0 aromatic carbocycles. The van der Waals surface area contributed by atoms with Crippen molar-refractivity contribution in [3.05, 3.63) is 24.5 Å². The number of hydrogen-bond acceptors (Lipinski definition) is 1. The molecule has 0 saturated heterocycles. The summed E-state index contributed by atoms with van der Waals surface area (Å²) in [5.74, 6) is 0. The third-order valence-electron chi connectivity index (χ3n) is 3.02. The number of rotatable bonds is 9. The lowest BCUT2D eigenvalue weighted by molar-refractivity contribution is -0.728. The lowest BCUT2D eigenvalue weighted by Crippen LogP contribution is -2.38. The van der Waals surface area contributed by atoms with Crippen LogP contribution in [-0.2, 0) is 6.54 Å². The molecule has 17 heavy (non-hydrogen) atoms. The number of unbranched alkanes of at least 4 members (excludes halogenated alkanes) is 7. The van der Waals surface area contributed by atoms with E-state index in [9.17, 15) is 4.39 Å². The summed E-state index contributed by atoms with van der Waals surface area (Å²) in [4.78, 5) is 3.62. The van der Waals surface area contributed by atoms with Gasteiger partial charge in [-0.3, -0.25) is 0 Å². The summed E-state index contributed by atoms with van der Waals surface area (Å²) < 4.78 is 14.7. The van der Waals surface area contributed by atoms with Gasteiger partial charge in [0, 0.05) is 6.07 Å². The van der Waals surface area contributed by atoms with Crippen LogP contribution in [0, 0.1) is 6.08 Å². The smallest absolute Gasteiger partial charge is 0.204 e. The van der Waals surface area contributed by atoms with E-state index in [1.54, 1.807) is 16.8 Å². The fraction of sp³-hybridized carbons (Fsp3) is 0.714. The first-order chi connectivity index (χ1) is 8.34. The molecule has 0 aliphatic rings. The van der Waals surface area contributed by atoms with Gasteiger partial charge in [-0.1, -0.05) is 45.4 Å². The van der Waals surface area contributed by atoms with Gasteiger partial charge < -0.3 is 0 Å². The van der Waals surface area contributed by atoms with Gasteiger partial charge in [-0.05, 0) is 17.8 Å². The highest BCUT2D eigenvalue weighted by molar-refractivity contribution is 4.70. The summed E-state index contributed by atoms with van der Waals surface area (Å²) in [5, 5.41) is 0. The minimum Gasteiger partial charge on any atom is -0.204 e. The molecular weight excluding hydrogens is 215 g/mol. The first kappa shape index (κ1) is 14.1. The van der Waals surface area contributed by atoms with Crippen LogP contribution >= 0.6 is 0 Å². The summed E-state index contributed by atoms with van der Waals surface area (Å²) in [7, 11) is 0. The Morgan fingerprint density at radius 1 is 1.06 bits per heavy atom. The van der Waals surface area contributed by atoms with E-state index >= 15 is 0 Å². The molecule has 0 amide bonds. The molecule has 0 bridgehead atoms. The third-order valence-corrected chi connectivity index (χ3v) is 3.02. The molecule has 3 heteroatoms. The molecule has 0 saturated carbocycles. The van der Waals surface area contributed by atoms with Crippen molar-refractivity contribution in [3.8, 4) is 0 Å². The molecule has 1 aromatic heterocycles. The van der Waals surface area contributed by atoms with E-state index in [-0.39, 0.29) is 6.08 Å². The van der Waals surface area contributed by atoms with E-state index in [1.165, 1.54) is 51.1 Å². The van der Waals surface area contributed by atoms with Gasteiger partial charge in [-0.25, -0.2) is 4.57 Å². The van der Waals surface area contributed by atoms with Gasteiger partial charge in [-0.2, -0.15) is 0 Å². The number of aromatic nitrogens is 2. The van der Waals surface area contributed by atoms with Crippen molar-refractivity contribution in [2.75, 3.05) is 0 Å². The van der Waals surface area contributed by atoms with Crippen LogP contribution in [0.4, 0.5) is 4.39 Å². The minimum atomic E-state index is -0.379. The van der Waals surface area contributed by atoms with Crippen LogP contribution in [0.25, 0.3) is 0 Å². The predicted octanol–water partition coefficient (Wildman–Crippen LogP) is 3.65. The topological polar surface area (TPSA) is 16.8 Å². The molecule has 0 spiro atoms. The minimum absolute atomic E-state index is 0.379.